The Bertz CT molecular complexity index is 1370. The highest BCUT2D eigenvalue weighted by atomic mass is 79.9. The van der Waals surface area contributed by atoms with E-state index in [0.717, 1.165) is 5.52 Å². The monoisotopic (exact) mass is 659 g/mol. The summed E-state index contributed by atoms with van der Waals surface area (Å²) in [7, 11) is 0. The molecule has 10 nitrogen and oxygen atoms in total. The molecule has 2 amide bonds. The SMILES string of the molecule is C=CCCOC(=O)[C@H]1[C@H]2C(=O)N([C@@H](CO)CC(C)C)C(C(=O)N(CC=C)Cn3nnc4ccccc43)C23CC(Br)[C@@H]1S3. The minimum Gasteiger partial charge on any atom is -0.465 e. The minimum atomic E-state index is -0.887. The number of likely N-dealkylation sites (tertiary alicyclic amines) is 1. The number of hydrogen-bond donors (Lipinski definition) is 1. The van der Waals surface area contributed by atoms with Crippen LogP contribution in [-0.2, 0) is 25.8 Å². The van der Waals surface area contributed by atoms with Crippen LogP contribution >= 0.6 is 27.7 Å². The Morgan fingerprint density at radius 1 is 1.31 bits per heavy atom. The van der Waals surface area contributed by atoms with Gasteiger partial charge in [-0.05, 0) is 37.3 Å². The number of thioether (sulfide) groups is 1. The van der Waals surface area contributed by atoms with Crippen LogP contribution in [0.1, 0.15) is 33.1 Å². The molecule has 0 saturated carbocycles. The molecule has 2 aromatic rings. The molecule has 0 radical (unpaired) electrons. The molecule has 12 heteroatoms. The molecular formula is C30H38BrN5O5S. The number of carbonyl (C=O) groups excluding carboxylic acids is 3. The largest absolute Gasteiger partial charge is 0.465 e. The fourth-order valence-corrected chi connectivity index (χ4v) is 10.5. The minimum absolute atomic E-state index is 0.0801. The first-order chi connectivity index (χ1) is 20.2. The van der Waals surface area contributed by atoms with Gasteiger partial charge in [0.15, 0.2) is 0 Å². The zero-order valence-electron chi connectivity index (χ0n) is 24.0. The van der Waals surface area contributed by atoms with Crippen LogP contribution in [0.2, 0.25) is 0 Å². The third kappa shape index (κ3) is 5.19. The molecule has 3 unspecified atom stereocenters. The zero-order valence-corrected chi connectivity index (χ0v) is 26.4. The number of halogens is 1. The molecule has 1 aromatic carbocycles. The predicted molar refractivity (Wildman–Crippen MR) is 165 cm³/mol. The van der Waals surface area contributed by atoms with Crippen molar-refractivity contribution in [2.75, 3.05) is 19.8 Å². The van der Waals surface area contributed by atoms with Crippen molar-refractivity contribution in [2.45, 2.75) is 66.7 Å². The van der Waals surface area contributed by atoms with Gasteiger partial charge in [-0.15, -0.1) is 30.0 Å². The van der Waals surface area contributed by atoms with E-state index in [1.807, 2.05) is 38.1 Å². The first-order valence-corrected chi connectivity index (χ1v) is 16.2. The molecule has 1 spiro atoms. The maximum Gasteiger partial charge on any atom is 0.310 e. The maximum absolute atomic E-state index is 14.8. The second-order valence-electron chi connectivity index (χ2n) is 11.7. The van der Waals surface area contributed by atoms with Gasteiger partial charge in [0.05, 0.1) is 41.4 Å². The van der Waals surface area contributed by atoms with E-state index in [0.29, 0.717) is 24.8 Å². The van der Waals surface area contributed by atoms with Gasteiger partial charge in [-0.2, -0.15) is 0 Å². The standard InChI is InChI=1S/C30H38BrN5O5S/c1-5-7-13-41-29(40)23-24-27(38)36(19(16-37)14-18(3)4)26(30(24)15-20(31)25(23)42-30)28(39)34(12-6-2)17-35-22-11-9-8-10-21(22)32-33-35/h5-6,8-11,18-20,23-26,37H,1-2,7,12-17H2,3-4H3/t19-,20?,23+,24+,25+,26?,30?/m1/s1. The number of nitrogens with zero attached hydrogens (tertiary/aromatic N) is 5. The number of aromatic nitrogens is 3. The van der Waals surface area contributed by atoms with E-state index < -0.39 is 34.6 Å². The van der Waals surface area contributed by atoms with Crippen molar-refractivity contribution in [3.63, 3.8) is 0 Å². The second kappa shape index (κ2) is 12.5. The summed E-state index contributed by atoms with van der Waals surface area (Å²) in [5.74, 6) is -2.21. The summed E-state index contributed by atoms with van der Waals surface area (Å²) < 4.78 is 6.41. The Labute approximate surface area is 258 Å². The summed E-state index contributed by atoms with van der Waals surface area (Å²) >= 11 is 5.33. The van der Waals surface area contributed by atoms with Crippen LogP contribution in [0.4, 0.5) is 0 Å². The first kappa shape index (κ1) is 30.7. The van der Waals surface area contributed by atoms with Gasteiger partial charge >= 0.3 is 5.97 Å². The van der Waals surface area contributed by atoms with Gasteiger partial charge in [-0.3, -0.25) is 14.4 Å². The third-order valence-corrected chi connectivity index (χ3v) is 11.8. The van der Waals surface area contributed by atoms with Crippen LogP contribution in [0.25, 0.3) is 11.0 Å². The summed E-state index contributed by atoms with van der Waals surface area (Å²) in [6, 6.07) is 6.05. The van der Waals surface area contributed by atoms with E-state index >= 15 is 0 Å². The summed E-state index contributed by atoms with van der Waals surface area (Å²) in [5.41, 5.74) is 1.49. The fourth-order valence-electron chi connectivity index (χ4n) is 6.90. The molecular weight excluding hydrogens is 622 g/mol. The Kier molecular flexibility index (Phi) is 9.15. The highest BCUT2D eigenvalue weighted by Crippen LogP contribution is 2.68. The molecule has 3 aliphatic heterocycles. The van der Waals surface area contributed by atoms with Crippen molar-refractivity contribution >= 4 is 56.5 Å². The van der Waals surface area contributed by atoms with Gasteiger partial charge in [0.2, 0.25) is 11.8 Å². The lowest BCUT2D eigenvalue weighted by Gasteiger charge is -2.40. The number of alkyl halides is 1. The Morgan fingerprint density at radius 3 is 2.76 bits per heavy atom. The Balaban J connectivity index is 1.56. The van der Waals surface area contributed by atoms with Gasteiger partial charge in [0.25, 0.3) is 0 Å². The lowest BCUT2D eigenvalue weighted by molar-refractivity contribution is -0.154. The number of para-hydroxylation sites is 1. The maximum atomic E-state index is 14.8. The van der Waals surface area contributed by atoms with E-state index in [9.17, 15) is 19.5 Å². The van der Waals surface area contributed by atoms with Crippen LogP contribution in [0.3, 0.4) is 0 Å². The Hall–Kier alpha value is -2.70. The third-order valence-electron chi connectivity index (χ3n) is 8.53. The van der Waals surface area contributed by atoms with Crippen LogP contribution in [-0.4, -0.2) is 94.4 Å². The van der Waals surface area contributed by atoms with Crippen LogP contribution < -0.4 is 0 Å². The molecule has 226 valence electrons. The van der Waals surface area contributed by atoms with Crippen molar-refractivity contribution in [1.82, 2.24) is 24.8 Å². The highest BCUT2D eigenvalue weighted by Gasteiger charge is 2.76. The summed E-state index contributed by atoms with van der Waals surface area (Å²) in [5, 5.41) is 18.9. The lowest BCUT2D eigenvalue weighted by atomic mass is 9.71. The van der Waals surface area contributed by atoms with Gasteiger partial charge < -0.3 is 19.6 Å². The van der Waals surface area contributed by atoms with Gasteiger partial charge in [0.1, 0.15) is 18.2 Å². The van der Waals surface area contributed by atoms with Crippen LogP contribution in [0, 0.1) is 17.8 Å². The molecule has 5 rings (SSSR count). The van der Waals surface area contributed by atoms with E-state index in [-0.39, 0.29) is 54.2 Å². The number of aliphatic hydroxyl groups excluding tert-OH is 1. The van der Waals surface area contributed by atoms with Crippen LogP contribution in [0.15, 0.2) is 49.6 Å². The van der Waals surface area contributed by atoms with E-state index in [2.05, 4.69) is 39.4 Å². The number of ether oxygens (including phenoxy) is 1. The van der Waals surface area contributed by atoms with Gasteiger partial charge in [-0.1, -0.05) is 59.3 Å². The van der Waals surface area contributed by atoms with E-state index in [4.69, 9.17) is 4.74 Å². The number of esters is 1. The highest BCUT2D eigenvalue weighted by molar-refractivity contribution is 9.09. The second-order valence-corrected chi connectivity index (χ2v) is 14.4. The van der Waals surface area contributed by atoms with E-state index in [1.165, 1.54) is 0 Å². The molecule has 3 fully saturated rings. The van der Waals surface area contributed by atoms with E-state index in [1.54, 1.807) is 38.4 Å². The summed E-state index contributed by atoms with van der Waals surface area (Å²) in [6.45, 7) is 11.8. The molecule has 3 saturated heterocycles. The molecule has 7 atom stereocenters. The number of aliphatic hydroxyl groups is 1. The first-order valence-electron chi connectivity index (χ1n) is 14.4. The molecule has 1 aromatic heterocycles. The normalized spacial score (nSPS) is 28.7. The zero-order chi connectivity index (χ0) is 30.2. The van der Waals surface area contributed by atoms with Gasteiger partial charge in [-0.25, -0.2) is 4.68 Å². The van der Waals surface area contributed by atoms with Crippen molar-refractivity contribution in [2.24, 2.45) is 17.8 Å². The summed E-state index contributed by atoms with van der Waals surface area (Å²) in [6.07, 6.45) is 4.90. The molecule has 42 heavy (non-hydrogen) atoms. The quantitative estimate of drug-likeness (QED) is 0.151. The number of hydrogen-bond acceptors (Lipinski definition) is 8. The predicted octanol–water partition coefficient (Wildman–Crippen LogP) is 3.39. The Morgan fingerprint density at radius 2 is 2.07 bits per heavy atom. The molecule has 2 bridgehead atoms. The molecule has 4 heterocycles. The number of rotatable bonds is 13. The fraction of sp³-hybridized carbons (Fsp3) is 0.567. The van der Waals surface area contributed by atoms with Gasteiger partial charge in [0, 0.05) is 16.6 Å². The number of amides is 2. The van der Waals surface area contributed by atoms with Crippen molar-refractivity contribution in [1.29, 1.82) is 0 Å². The van der Waals surface area contributed by atoms with Crippen molar-refractivity contribution in [3.05, 3.63) is 49.6 Å². The topological polar surface area (TPSA) is 118 Å². The smallest absolute Gasteiger partial charge is 0.310 e. The summed E-state index contributed by atoms with van der Waals surface area (Å²) in [4.78, 5) is 45.8. The molecule has 0 aliphatic carbocycles. The van der Waals surface area contributed by atoms with Crippen molar-refractivity contribution < 1.29 is 24.2 Å². The van der Waals surface area contributed by atoms with Crippen LogP contribution in [0.5, 0.6) is 0 Å². The average molecular weight is 661 g/mol. The number of benzene rings is 1. The number of carbonyl (C=O) groups is 3. The van der Waals surface area contributed by atoms with Crippen molar-refractivity contribution in [3.8, 4) is 0 Å². The number of fused-ring (bicyclic) bond motifs is 2. The lowest BCUT2D eigenvalue weighted by Crippen LogP contribution is -2.58. The molecule has 3 aliphatic rings. The average Bonchev–Trinajstić information content (AvgIpc) is 3.68. The molecule has 1 N–H and O–H groups in total.